The summed E-state index contributed by atoms with van der Waals surface area (Å²) in [6.45, 7) is 7.47. The van der Waals surface area contributed by atoms with Crippen LogP contribution in [0.25, 0.3) is 0 Å². The second-order valence-electron chi connectivity index (χ2n) is 12.0. The quantitative estimate of drug-likeness (QED) is 0.129. The smallest absolute Gasteiger partial charge is 0.450 e. The van der Waals surface area contributed by atoms with Gasteiger partial charge in [0.25, 0.3) is 17.8 Å². The Labute approximate surface area is 330 Å². The van der Waals surface area contributed by atoms with Crippen molar-refractivity contribution in [3.63, 3.8) is 0 Å². The predicted octanol–water partition coefficient (Wildman–Crippen LogP) is 10.6. The Morgan fingerprint density at radius 1 is 0.354 bits per heavy atom. The number of aliphatic carboxylic acids is 3. The molecular weight excluding hydrogens is 1030 g/mol. The maximum Gasteiger partial charge on any atom is 0.450 e. The van der Waals surface area contributed by atoms with Crippen LogP contribution in [0.5, 0.6) is 0 Å². The lowest BCUT2D eigenvalue weighted by molar-refractivity contribution is -0.690. The zero-order valence-electron chi connectivity index (χ0n) is 28.6. The van der Waals surface area contributed by atoms with E-state index in [1.165, 1.54) is 0 Å². The molecule has 0 unspecified atom stereocenters. The molecule has 4 rings (SSSR count). The lowest BCUT2D eigenvalue weighted by Crippen LogP contribution is -3.10. The molecule has 4 saturated carbocycles. The molecule has 0 heterocycles. The molecule has 4 bridgehead atoms. The van der Waals surface area contributed by atoms with E-state index < -0.39 is 129 Å². The van der Waals surface area contributed by atoms with Gasteiger partial charge in [-0.3, -0.25) is 0 Å². The van der Waals surface area contributed by atoms with Gasteiger partial charge >= 0.3 is 77.4 Å². The van der Waals surface area contributed by atoms with Crippen molar-refractivity contribution in [2.75, 3.05) is 0 Å². The number of carbonyl (C=O) groups is 3. The van der Waals surface area contributed by atoms with E-state index >= 15 is 57.1 Å². The van der Waals surface area contributed by atoms with Crippen LogP contribution in [0.15, 0.2) is 37.2 Å². The summed E-state index contributed by atoms with van der Waals surface area (Å²) in [4.78, 5) is 29.7. The number of halogens is 31. The van der Waals surface area contributed by atoms with Crippen molar-refractivity contribution in [1.82, 2.24) is 0 Å². The molecular formula is C25H9F31O9. The molecule has 40 heteroatoms. The molecule has 3 N–H and O–H groups in total. The Balaban J connectivity index is 0.00000190. The Kier molecular flexibility index (Phi) is 14.9. The van der Waals surface area contributed by atoms with E-state index in [9.17, 15) is 93.8 Å². The highest BCUT2D eigenvalue weighted by Gasteiger charge is 3.29. The maximum absolute atomic E-state index is 15.7. The van der Waals surface area contributed by atoms with Gasteiger partial charge < -0.3 is 15.3 Å². The molecule has 65 heavy (non-hydrogen) atoms. The van der Waals surface area contributed by atoms with Crippen LogP contribution in [-0.4, -0.2) is 111 Å². The second-order valence-corrected chi connectivity index (χ2v) is 12.0. The van der Waals surface area contributed by atoms with Crippen molar-refractivity contribution in [3.8, 4) is 0 Å². The van der Waals surface area contributed by atoms with Crippen LogP contribution in [-0.2, 0) is 29.2 Å². The maximum atomic E-state index is 15.7. The Hall–Kier alpha value is -4.66. The van der Waals surface area contributed by atoms with Gasteiger partial charge in [-0.1, -0.05) is 19.7 Å². The topological polar surface area (TPSA) is 140 Å². The summed E-state index contributed by atoms with van der Waals surface area (Å²) in [5.74, 6) is -98.7. The molecule has 380 valence electrons. The Bertz CT molecular complexity index is 1660. The number of hydrogen-bond donors (Lipinski definition) is 3. The third-order valence-corrected chi connectivity index (χ3v) is 9.03. The fourth-order valence-corrected chi connectivity index (χ4v) is 6.56. The molecule has 0 aromatic rings. The van der Waals surface area contributed by atoms with E-state index in [0.717, 1.165) is 0 Å². The monoisotopic (exact) mass is 1040 g/mol. The van der Waals surface area contributed by atoms with E-state index in [-0.39, 0.29) is 0 Å². The number of hydrogen-bond acceptors (Lipinski definition) is 6. The van der Waals surface area contributed by atoms with E-state index in [0.29, 0.717) is 14.8 Å². The number of carboxylic acids is 3. The zero-order valence-corrected chi connectivity index (χ0v) is 28.6. The lowest BCUT2D eigenvalue weighted by Gasteiger charge is -2.80. The van der Waals surface area contributed by atoms with Crippen LogP contribution in [0.1, 0.15) is 0 Å². The van der Waals surface area contributed by atoms with Crippen molar-refractivity contribution in [2.45, 2.75) is 77.3 Å². The molecule has 0 atom stereocenters. The minimum atomic E-state index is -10.3. The Morgan fingerprint density at radius 3 is 0.569 bits per heavy atom. The average Bonchev–Trinajstić information content (AvgIpc) is 3.08. The van der Waals surface area contributed by atoms with Gasteiger partial charge in [-0.2, -0.15) is 65.9 Å². The number of alkyl halides is 25. The summed E-state index contributed by atoms with van der Waals surface area (Å²) < 4.78 is 443. The van der Waals surface area contributed by atoms with Gasteiger partial charge in [-0.25, -0.2) is 71.5 Å². The number of rotatable bonds is 12. The zero-order chi connectivity index (χ0) is 53.6. The summed E-state index contributed by atoms with van der Waals surface area (Å²) in [6, 6.07) is 0. The fourth-order valence-electron chi connectivity index (χ4n) is 6.56. The van der Waals surface area contributed by atoms with Crippen LogP contribution in [0.4, 0.5) is 137 Å². The largest absolute Gasteiger partial charge is 0.476 e. The molecule has 0 saturated heterocycles. The van der Waals surface area contributed by atoms with Gasteiger partial charge in [0.05, 0.1) is 0 Å². The summed E-state index contributed by atoms with van der Waals surface area (Å²) in [6.07, 6.45) is -26.3. The summed E-state index contributed by atoms with van der Waals surface area (Å²) in [5.41, 5.74) is -40.7. The van der Waals surface area contributed by atoms with Crippen LogP contribution in [0.2, 0.25) is 0 Å². The minimum Gasteiger partial charge on any atom is -0.476 e. The van der Waals surface area contributed by atoms with Gasteiger partial charge in [0.1, 0.15) is 0 Å². The van der Waals surface area contributed by atoms with Crippen LogP contribution < -0.4 is 0 Å². The lowest BCUT2D eigenvalue weighted by atomic mass is 9.26. The van der Waals surface area contributed by atoms with Gasteiger partial charge in [0, 0.05) is 0 Å². The van der Waals surface area contributed by atoms with Gasteiger partial charge in [0.2, 0.25) is 33.7 Å². The third kappa shape index (κ3) is 6.13. The van der Waals surface area contributed by atoms with Gasteiger partial charge in [-0.05, 0) is 13.6 Å². The third-order valence-electron chi connectivity index (χ3n) is 9.03. The van der Waals surface area contributed by atoms with Gasteiger partial charge in [-0.15, -0.1) is 14.8 Å². The first kappa shape index (κ1) is 60.3. The highest BCUT2D eigenvalue weighted by atomic mass is 19.4. The first-order valence-corrected chi connectivity index (χ1v) is 14.0. The standard InChI is InChI=1S/C16F28O3.3C3H3FO2/c17-4-8(24,25)1(11(30,31)14(36,37)45-42)5(18,19)2(9(4,26)27,12(32,33)15(38,39)46-43)7(22,23)3(6(1,20)21,10(4,28)29)13(34,35)16(40,41)47-44;3*1-2(4)3(5)6/h;3*1H2,(H,5,6). The van der Waals surface area contributed by atoms with Crippen LogP contribution in [0, 0.1) is 16.2 Å². The van der Waals surface area contributed by atoms with Crippen LogP contribution in [0.3, 0.4) is 0 Å². The molecule has 4 aliphatic carbocycles. The van der Waals surface area contributed by atoms with Crippen molar-refractivity contribution < 1.29 is 181 Å². The van der Waals surface area contributed by atoms with E-state index in [1.807, 2.05) is 0 Å². The molecule has 0 aromatic heterocycles. The van der Waals surface area contributed by atoms with Crippen molar-refractivity contribution >= 4 is 17.9 Å². The molecule has 0 aromatic carbocycles. The highest BCUT2D eigenvalue weighted by molar-refractivity contribution is 5.83. The highest BCUT2D eigenvalue weighted by Crippen LogP contribution is 2.99. The Morgan fingerprint density at radius 2 is 0.477 bits per heavy atom. The first-order valence-electron chi connectivity index (χ1n) is 14.0. The van der Waals surface area contributed by atoms with Gasteiger partial charge in [0.15, 0.2) is 0 Å². The molecule has 0 radical (unpaired) electrons. The van der Waals surface area contributed by atoms with Crippen molar-refractivity contribution in [1.29, 1.82) is 0 Å². The minimum absolute atomic E-state index is 0.666. The molecule has 0 aliphatic heterocycles. The molecule has 4 aliphatic rings. The molecule has 0 spiro atoms. The molecule has 4 fully saturated rings. The summed E-state index contributed by atoms with van der Waals surface area (Å²) >= 11 is 0. The fraction of sp³-hybridized carbons (Fsp3) is 0.640. The summed E-state index contributed by atoms with van der Waals surface area (Å²) in [7, 11) is 0. The van der Waals surface area contributed by atoms with Crippen molar-refractivity contribution in [2.24, 2.45) is 16.2 Å². The number of carboxylic acid groups (broad SMARTS) is 3. The van der Waals surface area contributed by atoms with E-state index in [2.05, 4.69) is 19.7 Å². The normalized spacial score (nSPS) is 29.0. The van der Waals surface area contributed by atoms with Crippen LogP contribution >= 0.6 is 0 Å². The van der Waals surface area contributed by atoms with Crippen molar-refractivity contribution in [3.05, 3.63) is 37.2 Å². The molecule has 0 amide bonds. The average molecular weight is 1040 g/mol. The second kappa shape index (κ2) is 16.0. The first-order chi connectivity index (χ1) is 28.1. The van der Waals surface area contributed by atoms with E-state index in [1.54, 1.807) is 0 Å². The summed E-state index contributed by atoms with van der Waals surface area (Å²) in [5, 5.41) is 22.5. The predicted molar refractivity (Wildman–Crippen MR) is 131 cm³/mol. The molecule has 9 nitrogen and oxygen atoms in total. The van der Waals surface area contributed by atoms with E-state index in [4.69, 9.17) is 15.3 Å². The SMILES string of the molecule is C=C(F)C(=O)O.C=C(F)C(=O)O.C=C(F)C(=O)O.FOC(F)(F)C(F)(F)C12C(F)(F)C3(F)C(F)(F)C(C(F)(F)C(F)(F)OF)(C1(F)F)C(F)(F)C(C(F)(F)C(F)(F)OF)(C3(F)F)C2(F)F.